The number of ether oxygens (including phenoxy) is 1. The monoisotopic (exact) mass is 468 g/mol. The lowest BCUT2D eigenvalue weighted by molar-refractivity contribution is -0.156. The number of fused-ring (bicyclic) bond motifs is 1. The molecule has 4 rings (SSSR count). The van der Waals surface area contributed by atoms with Crippen LogP contribution in [0.4, 0.5) is 0 Å². The van der Waals surface area contributed by atoms with Gasteiger partial charge in [-0.05, 0) is 54.9 Å². The first kappa shape index (κ1) is 21.1. The predicted molar refractivity (Wildman–Crippen MR) is 124 cm³/mol. The van der Waals surface area contributed by atoms with Crippen molar-refractivity contribution in [1.82, 2.24) is 9.55 Å². The smallest absolute Gasteiger partial charge is 0.326 e. The number of hydrogen-bond acceptors (Lipinski definition) is 3. The van der Waals surface area contributed by atoms with Crippen molar-refractivity contribution >= 4 is 32.9 Å². The number of carbonyl (C=O) groups excluding carboxylic acids is 1. The number of hydrogen-bond donors (Lipinski definition) is 0. The highest BCUT2D eigenvalue weighted by Crippen LogP contribution is 2.35. The molecule has 1 aromatic heterocycles. The summed E-state index contributed by atoms with van der Waals surface area (Å²) in [6, 6.07) is 16.0. The maximum Gasteiger partial charge on any atom is 0.326 e. The minimum atomic E-state index is -0.181. The second-order valence-electron chi connectivity index (χ2n) is 8.88. The predicted octanol–water partition coefficient (Wildman–Crippen LogP) is 6.47. The maximum atomic E-state index is 13.1. The third-order valence-electron chi connectivity index (χ3n) is 6.27. The molecule has 0 saturated heterocycles. The Morgan fingerprint density at radius 3 is 2.77 bits per heavy atom. The van der Waals surface area contributed by atoms with Crippen molar-refractivity contribution in [3.8, 4) is 11.4 Å². The second-order valence-corrected chi connectivity index (χ2v) is 9.79. The Morgan fingerprint density at radius 2 is 2.00 bits per heavy atom. The van der Waals surface area contributed by atoms with Gasteiger partial charge in [-0.25, -0.2) is 4.98 Å². The van der Waals surface area contributed by atoms with E-state index in [1.165, 1.54) is 6.42 Å². The van der Waals surface area contributed by atoms with Gasteiger partial charge in [0.25, 0.3) is 0 Å². The van der Waals surface area contributed by atoms with E-state index in [0.29, 0.717) is 17.8 Å². The van der Waals surface area contributed by atoms with Crippen molar-refractivity contribution in [3.05, 3.63) is 53.0 Å². The Bertz CT molecular complexity index is 1040. The number of rotatable bonds is 5. The normalized spacial score (nSPS) is 21.8. The first-order valence-electron chi connectivity index (χ1n) is 10.8. The Kier molecular flexibility index (Phi) is 6.28. The summed E-state index contributed by atoms with van der Waals surface area (Å²) in [7, 11) is 0. The minimum absolute atomic E-state index is 0.00496. The van der Waals surface area contributed by atoms with E-state index in [-0.39, 0.29) is 18.6 Å². The molecule has 1 heterocycles. The Labute approximate surface area is 186 Å². The van der Waals surface area contributed by atoms with E-state index in [1.54, 1.807) is 0 Å². The minimum Gasteiger partial charge on any atom is -0.461 e. The van der Waals surface area contributed by atoms with Crippen molar-refractivity contribution in [2.75, 3.05) is 0 Å². The second kappa shape index (κ2) is 8.93. The zero-order chi connectivity index (χ0) is 21.3. The quantitative estimate of drug-likeness (QED) is 0.403. The summed E-state index contributed by atoms with van der Waals surface area (Å²) < 4.78 is 9.04. The van der Waals surface area contributed by atoms with Crippen molar-refractivity contribution in [2.45, 2.75) is 52.7 Å². The molecule has 2 aromatic carbocycles. The van der Waals surface area contributed by atoms with Gasteiger partial charge in [0.05, 0.1) is 11.0 Å². The van der Waals surface area contributed by atoms with Crippen LogP contribution in [-0.4, -0.2) is 21.6 Å². The number of para-hydroxylation sites is 2. The Morgan fingerprint density at radius 1 is 1.20 bits per heavy atom. The van der Waals surface area contributed by atoms with Gasteiger partial charge in [0.15, 0.2) is 0 Å². The van der Waals surface area contributed by atoms with Crippen LogP contribution in [0.1, 0.15) is 40.0 Å². The average molecular weight is 469 g/mol. The van der Waals surface area contributed by atoms with Crippen LogP contribution in [0.25, 0.3) is 22.4 Å². The molecular formula is C25H29BrN2O2. The highest BCUT2D eigenvalue weighted by molar-refractivity contribution is 9.10. The first-order chi connectivity index (χ1) is 14.4. The largest absolute Gasteiger partial charge is 0.461 e. The summed E-state index contributed by atoms with van der Waals surface area (Å²) >= 11 is 3.54. The lowest BCUT2D eigenvalue weighted by Crippen LogP contribution is -2.36. The zero-order valence-electron chi connectivity index (χ0n) is 17.8. The Balaban J connectivity index is 1.63. The number of halogens is 1. The maximum absolute atomic E-state index is 13.1. The Hall–Kier alpha value is -2.14. The lowest BCUT2D eigenvalue weighted by atomic mass is 9.75. The van der Waals surface area contributed by atoms with Crippen molar-refractivity contribution in [2.24, 2.45) is 17.8 Å². The van der Waals surface area contributed by atoms with Crippen LogP contribution in [-0.2, 0) is 16.1 Å². The highest BCUT2D eigenvalue weighted by Gasteiger charge is 2.33. The van der Waals surface area contributed by atoms with Crippen molar-refractivity contribution in [1.29, 1.82) is 0 Å². The molecule has 0 N–H and O–H groups in total. The van der Waals surface area contributed by atoms with Gasteiger partial charge < -0.3 is 9.30 Å². The van der Waals surface area contributed by atoms with Gasteiger partial charge in [-0.15, -0.1) is 0 Å². The van der Waals surface area contributed by atoms with E-state index in [2.05, 4.69) is 36.7 Å². The molecule has 0 aliphatic heterocycles. The van der Waals surface area contributed by atoms with Crippen LogP contribution < -0.4 is 0 Å². The molecule has 5 heteroatoms. The summed E-state index contributed by atoms with van der Waals surface area (Å²) in [4.78, 5) is 17.9. The summed E-state index contributed by atoms with van der Waals surface area (Å²) in [5.41, 5.74) is 2.80. The number of benzene rings is 2. The average Bonchev–Trinajstić information content (AvgIpc) is 3.06. The fourth-order valence-corrected chi connectivity index (χ4v) is 5.07. The van der Waals surface area contributed by atoms with Crippen molar-refractivity contribution < 1.29 is 9.53 Å². The van der Waals surface area contributed by atoms with Gasteiger partial charge in [0.2, 0.25) is 0 Å². The number of aromatic nitrogens is 2. The summed E-state index contributed by atoms with van der Waals surface area (Å²) in [6.07, 6.45) is 3.31. The molecule has 30 heavy (non-hydrogen) atoms. The molecule has 0 spiro atoms. The lowest BCUT2D eigenvalue weighted by Gasteiger charge is -2.36. The van der Waals surface area contributed by atoms with Gasteiger partial charge in [-0.3, -0.25) is 4.79 Å². The molecule has 1 aliphatic rings. The van der Waals surface area contributed by atoms with Gasteiger partial charge in [0, 0.05) is 10.0 Å². The van der Waals surface area contributed by atoms with E-state index < -0.39 is 0 Å². The standard InChI is InChI=1S/C25H29BrN2O2/c1-16(2)20-12-11-17(3)13-23(20)30-24(29)15-28-22-10-5-4-9-21(22)27-25(28)18-7-6-8-19(26)14-18/h4-10,14,16-17,20,23H,11-13,15H2,1-3H3/t17-,20+,23?/m1/s1. The molecule has 0 radical (unpaired) electrons. The molecule has 4 nitrogen and oxygen atoms in total. The number of esters is 1. The van der Waals surface area contributed by atoms with Crippen LogP contribution >= 0.6 is 15.9 Å². The molecule has 1 fully saturated rings. The highest BCUT2D eigenvalue weighted by atomic mass is 79.9. The van der Waals surface area contributed by atoms with Crippen LogP contribution in [0.15, 0.2) is 53.0 Å². The molecule has 158 valence electrons. The molecule has 3 aromatic rings. The molecule has 0 bridgehead atoms. The van der Waals surface area contributed by atoms with Gasteiger partial charge >= 0.3 is 5.97 Å². The number of imidazole rings is 1. The fraction of sp³-hybridized carbons (Fsp3) is 0.440. The molecule has 0 amide bonds. The summed E-state index contributed by atoms with van der Waals surface area (Å²) in [5, 5.41) is 0. The van der Waals surface area contributed by atoms with Gasteiger partial charge in [-0.2, -0.15) is 0 Å². The molecule has 3 atom stereocenters. The van der Waals surface area contributed by atoms with Crippen LogP contribution in [0, 0.1) is 17.8 Å². The van der Waals surface area contributed by atoms with E-state index in [9.17, 15) is 4.79 Å². The van der Waals surface area contributed by atoms with E-state index >= 15 is 0 Å². The fourth-order valence-electron chi connectivity index (χ4n) is 4.67. The van der Waals surface area contributed by atoms with Crippen LogP contribution in [0.3, 0.4) is 0 Å². The third-order valence-corrected chi connectivity index (χ3v) is 6.76. The topological polar surface area (TPSA) is 44.1 Å². The van der Waals surface area contributed by atoms with E-state index in [1.807, 2.05) is 53.1 Å². The molecule has 1 aliphatic carbocycles. The number of nitrogens with zero attached hydrogens (tertiary/aromatic N) is 2. The van der Waals surface area contributed by atoms with Gasteiger partial charge in [-0.1, -0.05) is 67.4 Å². The SMILES string of the molecule is CC(C)[C@@H]1CC[C@@H](C)CC1OC(=O)Cn1c(-c2cccc(Br)c2)nc2ccccc21. The van der Waals surface area contributed by atoms with Gasteiger partial charge in [0.1, 0.15) is 18.5 Å². The third kappa shape index (κ3) is 4.46. The summed E-state index contributed by atoms with van der Waals surface area (Å²) in [5.74, 6) is 2.16. The number of carbonyl (C=O) groups is 1. The zero-order valence-corrected chi connectivity index (χ0v) is 19.4. The molecule has 1 saturated carbocycles. The first-order valence-corrected chi connectivity index (χ1v) is 11.6. The van der Waals surface area contributed by atoms with E-state index in [4.69, 9.17) is 9.72 Å². The van der Waals surface area contributed by atoms with Crippen LogP contribution in [0.2, 0.25) is 0 Å². The van der Waals surface area contributed by atoms with E-state index in [0.717, 1.165) is 39.7 Å². The molecular weight excluding hydrogens is 440 g/mol. The van der Waals surface area contributed by atoms with Crippen LogP contribution in [0.5, 0.6) is 0 Å². The molecule has 1 unspecified atom stereocenters. The summed E-state index contributed by atoms with van der Waals surface area (Å²) in [6.45, 7) is 6.89. The van der Waals surface area contributed by atoms with Crippen molar-refractivity contribution in [3.63, 3.8) is 0 Å².